The van der Waals surface area contributed by atoms with E-state index in [-0.39, 0.29) is 11.9 Å². The Morgan fingerprint density at radius 2 is 2.04 bits per heavy atom. The minimum atomic E-state index is -0.0423. The summed E-state index contributed by atoms with van der Waals surface area (Å²) < 4.78 is 1.89. The Labute approximate surface area is 144 Å². The van der Waals surface area contributed by atoms with E-state index in [0.717, 1.165) is 29.9 Å². The number of pyridine rings is 1. The van der Waals surface area contributed by atoms with Gasteiger partial charge in [0.15, 0.2) is 5.82 Å². The summed E-state index contributed by atoms with van der Waals surface area (Å²) in [4.78, 5) is 25.7. The summed E-state index contributed by atoms with van der Waals surface area (Å²) >= 11 is 0. The van der Waals surface area contributed by atoms with Crippen LogP contribution in [0.15, 0.2) is 36.8 Å². The van der Waals surface area contributed by atoms with Gasteiger partial charge in [0.1, 0.15) is 5.69 Å². The van der Waals surface area contributed by atoms with Crippen LogP contribution < -0.4 is 0 Å². The molecule has 1 aliphatic heterocycles. The number of aromatic nitrogens is 6. The molecule has 4 rings (SSSR count). The van der Waals surface area contributed by atoms with Crippen LogP contribution in [0.25, 0.3) is 11.4 Å². The SMILES string of the molecule is Cc1cnc(C(=O)N2CCC(n3cc(-c4ccccn4)nn3)CC2)[nH]1. The summed E-state index contributed by atoms with van der Waals surface area (Å²) in [5, 5.41) is 8.47. The quantitative estimate of drug-likeness (QED) is 0.787. The molecule has 1 N–H and O–H groups in total. The van der Waals surface area contributed by atoms with E-state index >= 15 is 0 Å². The van der Waals surface area contributed by atoms with Crippen molar-refractivity contribution in [3.8, 4) is 11.4 Å². The maximum Gasteiger partial charge on any atom is 0.289 e. The van der Waals surface area contributed by atoms with Crippen LogP contribution in [0.1, 0.15) is 35.2 Å². The third-order valence-corrected chi connectivity index (χ3v) is 4.47. The molecule has 25 heavy (non-hydrogen) atoms. The van der Waals surface area contributed by atoms with Gasteiger partial charge in [0, 0.05) is 31.2 Å². The molecule has 0 radical (unpaired) electrons. The number of hydrogen-bond donors (Lipinski definition) is 1. The summed E-state index contributed by atoms with van der Waals surface area (Å²) in [6, 6.07) is 5.97. The molecule has 1 saturated heterocycles. The van der Waals surface area contributed by atoms with Gasteiger partial charge in [0.05, 0.1) is 17.9 Å². The number of likely N-dealkylation sites (tertiary alicyclic amines) is 1. The monoisotopic (exact) mass is 337 g/mol. The Morgan fingerprint density at radius 3 is 2.72 bits per heavy atom. The first kappa shape index (κ1) is 15.5. The lowest BCUT2D eigenvalue weighted by Gasteiger charge is -2.31. The van der Waals surface area contributed by atoms with E-state index in [9.17, 15) is 4.79 Å². The van der Waals surface area contributed by atoms with Gasteiger partial charge < -0.3 is 9.88 Å². The first-order chi connectivity index (χ1) is 12.2. The molecule has 4 heterocycles. The van der Waals surface area contributed by atoms with Crippen LogP contribution in [0.2, 0.25) is 0 Å². The van der Waals surface area contributed by atoms with Crippen LogP contribution in [0.3, 0.4) is 0 Å². The highest BCUT2D eigenvalue weighted by atomic mass is 16.2. The zero-order valence-corrected chi connectivity index (χ0v) is 14.0. The molecule has 0 aromatic carbocycles. The smallest absolute Gasteiger partial charge is 0.289 e. The number of piperidine rings is 1. The van der Waals surface area contributed by atoms with E-state index in [0.29, 0.717) is 18.9 Å². The van der Waals surface area contributed by atoms with E-state index in [1.807, 2.05) is 40.9 Å². The van der Waals surface area contributed by atoms with E-state index in [1.165, 1.54) is 0 Å². The first-order valence-electron chi connectivity index (χ1n) is 8.35. The Balaban J connectivity index is 1.41. The lowest BCUT2D eigenvalue weighted by atomic mass is 10.1. The predicted molar refractivity (Wildman–Crippen MR) is 90.8 cm³/mol. The lowest BCUT2D eigenvalue weighted by molar-refractivity contribution is 0.0678. The van der Waals surface area contributed by atoms with Crippen molar-refractivity contribution < 1.29 is 4.79 Å². The molecule has 8 heteroatoms. The predicted octanol–water partition coefficient (Wildman–Crippen LogP) is 1.85. The van der Waals surface area contributed by atoms with Crippen LogP contribution in [0.5, 0.6) is 0 Å². The summed E-state index contributed by atoms with van der Waals surface area (Å²) in [6.07, 6.45) is 7.04. The van der Waals surface area contributed by atoms with Crippen LogP contribution in [-0.4, -0.2) is 53.8 Å². The van der Waals surface area contributed by atoms with E-state index in [2.05, 4.69) is 25.3 Å². The highest BCUT2D eigenvalue weighted by Crippen LogP contribution is 2.24. The lowest BCUT2D eigenvalue weighted by Crippen LogP contribution is -2.39. The van der Waals surface area contributed by atoms with Crippen LogP contribution in [0.4, 0.5) is 0 Å². The Morgan fingerprint density at radius 1 is 1.20 bits per heavy atom. The molecule has 3 aromatic heterocycles. The molecule has 1 aliphatic rings. The molecule has 0 bridgehead atoms. The summed E-state index contributed by atoms with van der Waals surface area (Å²) in [5.74, 6) is 0.369. The van der Waals surface area contributed by atoms with Crippen LogP contribution in [-0.2, 0) is 0 Å². The molecular formula is C17H19N7O. The van der Waals surface area contributed by atoms with Gasteiger partial charge in [-0.1, -0.05) is 11.3 Å². The van der Waals surface area contributed by atoms with Crippen LogP contribution >= 0.6 is 0 Å². The summed E-state index contributed by atoms with van der Waals surface area (Å²) in [6.45, 7) is 3.25. The van der Waals surface area contributed by atoms with Crippen molar-refractivity contribution >= 4 is 5.91 Å². The van der Waals surface area contributed by atoms with E-state index in [4.69, 9.17) is 0 Å². The fraction of sp³-hybridized carbons (Fsp3) is 0.353. The van der Waals surface area contributed by atoms with Crippen molar-refractivity contribution in [2.45, 2.75) is 25.8 Å². The number of carbonyl (C=O) groups excluding carboxylic acids is 1. The summed E-state index contributed by atoms with van der Waals surface area (Å²) in [5.41, 5.74) is 2.47. The van der Waals surface area contributed by atoms with Crippen molar-refractivity contribution in [3.63, 3.8) is 0 Å². The number of amides is 1. The average molecular weight is 337 g/mol. The average Bonchev–Trinajstić information content (AvgIpc) is 3.31. The zero-order chi connectivity index (χ0) is 17.2. The van der Waals surface area contributed by atoms with Gasteiger partial charge in [0.25, 0.3) is 5.91 Å². The molecule has 0 unspecified atom stereocenters. The fourth-order valence-electron chi connectivity index (χ4n) is 3.09. The van der Waals surface area contributed by atoms with Gasteiger partial charge in [-0.3, -0.25) is 9.78 Å². The molecule has 128 valence electrons. The van der Waals surface area contributed by atoms with Gasteiger partial charge in [0.2, 0.25) is 0 Å². The second-order valence-electron chi connectivity index (χ2n) is 6.24. The number of nitrogens with zero attached hydrogens (tertiary/aromatic N) is 6. The van der Waals surface area contributed by atoms with Gasteiger partial charge in [-0.05, 0) is 31.9 Å². The van der Waals surface area contributed by atoms with Crippen LogP contribution in [0, 0.1) is 6.92 Å². The van der Waals surface area contributed by atoms with Crippen molar-refractivity contribution in [3.05, 3.63) is 48.3 Å². The van der Waals surface area contributed by atoms with Crippen molar-refractivity contribution in [2.75, 3.05) is 13.1 Å². The van der Waals surface area contributed by atoms with Crippen molar-refractivity contribution in [1.82, 2.24) is 34.8 Å². The third-order valence-electron chi connectivity index (χ3n) is 4.47. The Bertz CT molecular complexity index is 862. The number of rotatable bonds is 3. The molecule has 8 nitrogen and oxygen atoms in total. The minimum absolute atomic E-state index is 0.0423. The molecule has 0 spiro atoms. The number of aryl methyl sites for hydroxylation is 1. The van der Waals surface area contributed by atoms with E-state index < -0.39 is 0 Å². The van der Waals surface area contributed by atoms with Gasteiger partial charge in [-0.15, -0.1) is 5.10 Å². The maximum absolute atomic E-state index is 12.4. The van der Waals surface area contributed by atoms with E-state index in [1.54, 1.807) is 12.4 Å². The number of carbonyl (C=O) groups is 1. The minimum Gasteiger partial charge on any atom is -0.338 e. The standard InChI is InChI=1S/C17H19N7O/c1-12-10-19-16(20-12)17(25)23-8-5-13(6-9-23)24-11-15(21-22-24)14-4-2-3-7-18-14/h2-4,7,10-11,13H,5-6,8-9H2,1H3,(H,19,20). The fourth-order valence-corrected chi connectivity index (χ4v) is 3.09. The highest BCUT2D eigenvalue weighted by molar-refractivity contribution is 5.90. The number of hydrogen-bond acceptors (Lipinski definition) is 5. The number of imidazole rings is 1. The molecule has 0 saturated carbocycles. The largest absolute Gasteiger partial charge is 0.338 e. The number of H-pyrrole nitrogens is 1. The highest BCUT2D eigenvalue weighted by Gasteiger charge is 2.26. The van der Waals surface area contributed by atoms with Crippen molar-refractivity contribution in [2.24, 2.45) is 0 Å². The molecule has 1 fully saturated rings. The molecule has 0 aliphatic carbocycles. The summed E-state index contributed by atoms with van der Waals surface area (Å²) in [7, 11) is 0. The molecule has 0 atom stereocenters. The van der Waals surface area contributed by atoms with Gasteiger partial charge in [-0.2, -0.15) is 0 Å². The second-order valence-corrected chi connectivity index (χ2v) is 6.24. The molecular weight excluding hydrogens is 318 g/mol. The molecule has 1 amide bonds. The van der Waals surface area contributed by atoms with Gasteiger partial charge in [-0.25, -0.2) is 9.67 Å². The number of nitrogens with one attached hydrogen (secondary N) is 1. The first-order valence-corrected chi connectivity index (χ1v) is 8.35. The van der Waals surface area contributed by atoms with Crippen molar-refractivity contribution in [1.29, 1.82) is 0 Å². The van der Waals surface area contributed by atoms with Gasteiger partial charge >= 0.3 is 0 Å². The second kappa shape index (κ2) is 6.46. The zero-order valence-electron chi connectivity index (χ0n) is 14.0. The Hall–Kier alpha value is -3.03. The Kier molecular flexibility index (Phi) is 4.01. The normalized spacial score (nSPS) is 15.5. The third kappa shape index (κ3) is 3.15. The number of aromatic amines is 1. The topological polar surface area (TPSA) is 92.6 Å². The maximum atomic E-state index is 12.4. The molecule has 3 aromatic rings.